The number of nitrogen functional groups attached to an aromatic ring is 1. The first-order chi connectivity index (χ1) is 10.2. The van der Waals surface area contributed by atoms with E-state index in [4.69, 9.17) is 5.73 Å². The quantitative estimate of drug-likeness (QED) is 0.562. The molecular weight excluding hydrogens is 437 g/mol. The molecule has 0 aliphatic rings. The van der Waals surface area contributed by atoms with E-state index in [0.717, 1.165) is 0 Å². The molecule has 118 valence electrons. The summed E-state index contributed by atoms with van der Waals surface area (Å²) in [6.45, 7) is -0.0352. The molecule has 3 N–H and O–H groups in total. The first-order valence-electron chi connectivity index (χ1n) is 5.74. The number of nitrogens with one attached hydrogen (secondary N) is 1. The number of halogens is 5. The molecule has 1 aromatic carbocycles. The standard InChI is InChI=1S/C12H8F4IN3OS/c13-6-2-1-5(7(17)3-6)4-19-10(21)8-9(12(14,15)16)20-11(18)22-8/h1-3H,4H2,(H2,18,20)(H,19,21). The van der Waals surface area contributed by atoms with Gasteiger partial charge in [-0.25, -0.2) is 9.37 Å². The van der Waals surface area contributed by atoms with E-state index in [-0.39, 0.29) is 11.7 Å². The second-order valence-corrected chi connectivity index (χ2v) is 6.34. The van der Waals surface area contributed by atoms with E-state index in [2.05, 4.69) is 10.3 Å². The van der Waals surface area contributed by atoms with Crippen LogP contribution in [0.4, 0.5) is 22.7 Å². The smallest absolute Gasteiger partial charge is 0.375 e. The second-order valence-electron chi connectivity index (χ2n) is 4.15. The molecule has 0 unspecified atom stereocenters. The number of benzene rings is 1. The van der Waals surface area contributed by atoms with E-state index in [1.165, 1.54) is 18.2 Å². The summed E-state index contributed by atoms with van der Waals surface area (Å²) in [4.78, 5) is 14.5. The summed E-state index contributed by atoms with van der Waals surface area (Å²) in [6.07, 6.45) is -4.76. The molecule has 0 spiro atoms. The first-order valence-corrected chi connectivity index (χ1v) is 7.63. The number of carbonyl (C=O) groups excluding carboxylic acids is 1. The van der Waals surface area contributed by atoms with Crippen LogP contribution in [0, 0.1) is 9.39 Å². The van der Waals surface area contributed by atoms with Crippen LogP contribution in [-0.2, 0) is 12.7 Å². The summed E-state index contributed by atoms with van der Waals surface area (Å²) in [7, 11) is 0. The highest BCUT2D eigenvalue weighted by atomic mass is 127. The number of hydrogen-bond acceptors (Lipinski definition) is 4. The number of rotatable bonds is 3. The molecule has 0 saturated carbocycles. The van der Waals surface area contributed by atoms with Crippen molar-refractivity contribution in [2.45, 2.75) is 12.7 Å². The molecule has 1 heterocycles. The summed E-state index contributed by atoms with van der Waals surface area (Å²) in [5.41, 5.74) is 4.53. The van der Waals surface area contributed by atoms with Crippen LogP contribution in [0.3, 0.4) is 0 Å². The van der Waals surface area contributed by atoms with Gasteiger partial charge in [-0.05, 0) is 40.3 Å². The van der Waals surface area contributed by atoms with Crippen molar-refractivity contribution in [3.05, 3.63) is 43.7 Å². The van der Waals surface area contributed by atoms with Crippen LogP contribution in [0.5, 0.6) is 0 Å². The van der Waals surface area contributed by atoms with Crippen LogP contribution in [0.15, 0.2) is 18.2 Å². The van der Waals surface area contributed by atoms with Gasteiger partial charge in [0.25, 0.3) is 5.91 Å². The Morgan fingerprint density at radius 1 is 1.41 bits per heavy atom. The number of anilines is 1. The van der Waals surface area contributed by atoms with Gasteiger partial charge in [-0.1, -0.05) is 17.4 Å². The van der Waals surface area contributed by atoms with E-state index in [1.807, 2.05) is 22.6 Å². The summed E-state index contributed by atoms with van der Waals surface area (Å²) >= 11 is 2.33. The molecule has 1 amide bonds. The molecule has 0 atom stereocenters. The largest absolute Gasteiger partial charge is 0.435 e. The Bertz CT molecular complexity index is 717. The highest BCUT2D eigenvalue weighted by Gasteiger charge is 2.39. The second kappa shape index (κ2) is 6.36. The number of amides is 1. The minimum absolute atomic E-state index is 0.0352. The Balaban J connectivity index is 2.16. The SMILES string of the molecule is Nc1nc(C(F)(F)F)c(C(=O)NCc2ccc(F)cc2I)s1. The maximum Gasteiger partial charge on any atom is 0.435 e. The Kier molecular flexibility index (Phi) is 4.90. The fourth-order valence-electron chi connectivity index (χ4n) is 1.60. The summed E-state index contributed by atoms with van der Waals surface area (Å²) < 4.78 is 51.8. The van der Waals surface area contributed by atoms with Gasteiger partial charge in [0, 0.05) is 10.1 Å². The third-order valence-corrected chi connectivity index (χ3v) is 4.46. The molecule has 0 radical (unpaired) electrons. The number of alkyl halides is 3. The summed E-state index contributed by atoms with van der Waals surface area (Å²) in [5, 5.41) is 2.01. The van der Waals surface area contributed by atoms with Crippen LogP contribution in [-0.4, -0.2) is 10.9 Å². The average Bonchev–Trinajstić information content (AvgIpc) is 2.79. The zero-order chi connectivity index (χ0) is 16.5. The van der Waals surface area contributed by atoms with Crippen molar-refractivity contribution in [2.75, 3.05) is 5.73 Å². The zero-order valence-corrected chi connectivity index (χ0v) is 13.6. The number of nitrogens with two attached hydrogens (primary N) is 1. The van der Waals surface area contributed by atoms with Gasteiger partial charge in [0.1, 0.15) is 10.7 Å². The Morgan fingerprint density at radius 2 is 2.09 bits per heavy atom. The molecule has 1 aromatic heterocycles. The predicted molar refractivity (Wildman–Crippen MR) is 81.8 cm³/mol. The first kappa shape index (κ1) is 16.9. The Labute approximate surface area is 139 Å². The molecule has 2 aromatic rings. The molecule has 22 heavy (non-hydrogen) atoms. The molecule has 10 heteroatoms. The maximum atomic E-state index is 13.0. The summed E-state index contributed by atoms with van der Waals surface area (Å²) in [5.74, 6) is -1.37. The van der Waals surface area contributed by atoms with E-state index >= 15 is 0 Å². The van der Waals surface area contributed by atoms with Crippen LogP contribution < -0.4 is 11.1 Å². The van der Waals surface area contributed by atoms with Crippen molar-refractivity contribution >= 4 is 45.0 Å². The van der Waals surface area contributed by atoms with Crippen LogP contribution in [0.25, 0.3) is 0 Å². The van der Waals surface area contributed by atoms with Gasteiger partial charge in [0.15, 0.2) is 10.8 Å². The van der Waals surface area contributed by atoms with Gasteiger partial charge in [0.2, 0.25) is 0 Å². The highest BCUT2D eigenvalue weighted by molar-refractivity contribution is 14.1. The minimum atomic E-state index is -4.76. The molecule has 0 aliphatic heterocycles. The lowest BCUT2D eigenvalue weighted by atomic mass is 10.2. The zero-order valence-electron chi connectivity index (χ0n) is 10.7. The molecule has 2 rings (SSSR count). The van der Waals surface area contributed by atoms with Gasteiger partial charge >= 0.3 is 6.18 Å². The van der Waals surface area contributed by atoms with Crippen molar-refractivity contribution < 1.29 is 22.4 Å². The van der Waals surface area contributed by atoms with E-state index in [0.29, 0.717) is 20.5 Å². The minimum Gasteiger partial charge on any atom is -0.375 e. The lowest BCUT2D eigenvalue weighted by Gasteiger charge is -2.08. The lowest BCUT2D eigenvalue weighted by Crippen LogP contribution is -2.25. The van der Waals surface area contributed by atoms with E-state index in [1.54, 1.807) is 0 Å². The molecule has 0 bridgehead atoms. The third kappa shape index (κ3) is 3.85. The fraction of sp³-hybridized carbons (Fsp3) is 0.167. The van der Waals surface area contributed by atoms with Crippen LogP contribution in [0.2, 0.25) is 0 Å². The third-order valence-electron chi connectivity index (χ3n) is 2.57. The van der Waals surface area contributed by atoms with Crippen molar-refractivity contribution in [3.63, 3.8) is 0 Å². The average molecular weight is 445 g/mol. The molecule has 0 saturated heterocycles. The molecule has 0 fully saturated rings. The molecular formula is C12H8F4IN3OS. The maximum absolute atomic E-state index is 13.0. The molecule has 4 nitrogen and oxygen atoms in total. The van der Waals surface area contributed by atoms with Gasteiger partial charge in [-0.2, -0.15) is 13.2 Å². The monoisotopic (exact) mass is 445 g/mol. The number of nitrogens with zero attached hydrogens (tertiary/aromatic N) is 1. The van der Waals surface area contributed by atoms with Crippen molar-refractivity contribution in [2.24, 2.45) is 0 Å². The van der Waals surface area contributed by atoms with Gasteiger partial charge in [-0.3, -0.25) is 4.79 Å². The Morgan fingerprint density at radius 3 is 2.68 bits per heavy atom. The number of hydrogen-bond donors (Lipinski definition) is 2. The predicted octanol–water partition coefficient (Wildman–Crippen LogP) is 3.42. The van der Waals surface area contributed by atoms with Crippen molar-refractivity contribution in [1.29, 1.82) is 0 Å². The van der Waals surface area contributed by atoms with E-state index < -0.39 is 28.5 Å². The fourth-order valence-corrected chi connectivity index (χ4v) is 3.04. The summed E-state index contributed by atoms with van der Waals surface area (Å²) in [6, 6.07) is 3.91. The van der Waals surface area contributed by atoms with Gasteiger partial charge in [-0.15, -0.1) is 0 Å². The van der Waals surface area contributed by atoms with Crippen LogP contribution in [0.1, 0.15) is 20.9 Å². The van der Waals surface area contributed by atoms with Gasteiger partial charge in [0.05, 0.1) is 0 Å². The van der Waals surface area contributed by atoms with E-state index in [9.17, 15) is 22.4 Å². The number of carbonyl (C=O) groups is 1. The molecule has 0 aliphatic carbocycles. The number of thiazole rings is 1. The van der Waals surface area contributed by atoms with Crippen LogP contribution >= 0.6 is 33.9 Å². The van der Waals surface area contributed by atoms with Crippen molar-refractivity contribution in [3.8, 4) is 0 Å². The highest BCUT2D eigenvalue weighted by Crippen LogP contribution is 2.35. The Hall–Kier alpha value is -1.43. The van der Waals surface area contributed by atoms with Gasteiger partial charge < -0.3 is 11.1 Å². The normalized spacial score (nSPS) is 11.5. The topological polar surface area (TPSA) is 68.0 Å². The lowest BCUT2D eigenvalue weighted by molar-refractivity contribution is -0.141. The van der Waals surface area contributed by atoms with Crippen molar-refractivity contribution in [1.82, 2.24) is 10.3 Å². The number of aromatic nitrogens is 1.